The lowest BCUT2D eigenvalue weighted by atomic mass is 10.0. The first kappa shape index (κ1) is 20.7. The summed E-state index contributed by atoms with van der Waals surface area (Å²) >= 11 is 0. The van der Waals surface area contributed by atoms with Gasteiger partial charge in [-0.05, 0) is 29.7 Å². The van der Waals surface area contributed by atoms with Gasteiger partial charge in [-0.2, -0.15) is 0 Å². The lowest BCUT2D eigenvalue weighted by molar-refractivity contribution is -0.121. The zero-order chi connectivity index (χ0) is 21.6. The molecule has 0 fully saturated rings. The molecule has 3 aromatic rings. The van der Waals surface area contributed by atoms with Crippen molar-refractivity contribution in [3.63, 3.8) is 0 Å². The lowest BCUT2D eigenvalue weighted by Crippen LogP contribution is -2.34. The van der Waals surface area contributed by atoms with Crippen molar-refractivity contribution in [2.45, 2.75) is 25.4 Å². The van der Waals surface area contributed by atoms with Crippen LogP contribution in [0, 0.1) is 0 Å². The van der Waals surface area contributed by atoms with E-state index in [2.05, 4.69) is 21.4 Å². The number of amides is 1. The van der Waals surface area contributed by atoms with E-state index in [0.717, 1.165) is 34.4 Å². The van der Waals surface area contributed by atoms with Gasteiger partial charge in [-0.1, -0.05) is 24.3 Å². The molecule has 0 spiro atoms. The van der Waals surface area contributed by atoms with Gasteiger partial charge in [0.2, 0.25) is 5.91 Å². The molecule has 1 aliphatic rings. The van der Waals surface area contributed by atoms with Gasteiger partial charge in [0.15, 0.2) is 11.5 Å². The summed E-state index contributed by atoms with van der Waals surface area (Å²) in [5.74, 6) is 2.18. The smallest absolute Gasteiger partial charge is 0.220 e. The van der Waals surface area contributed by atoms with Crippen molar-refractivity contribution >= 4 is 5.91 Å². The number of aryl methyl sites for hydroxylation is 1. The third-order valence-corrected chi connectivity index (χ3v) is 5.32. The van der Waals surface area contributed by atoms with Crippen LogP contribution in [-0.2, 0) is 17.6 Å². The molecular weight excluding hydrogens is 394 g/mol. The molecule has 1 aromatic heterocycles. The van der Waals surface area contributed by atoms with E-state index < -0.39 is 0 Å². The van der Waals surface area contributed by atoms with E-state index in [9.17, 15) is 4.79 Å². The molecule has 1 aliphatic heterocycles. The highest BCUT2D eigenvalue weighted by molar-refractivity contribution is 5.76. The largest absolute Gasteiger partial charge is 0.493 e. The van der Waals surface area contributed by atoms with Gasteiger partial charge in [-0.15, -0.1) is 0 Å². The second kappa shape index (κ2) is 9.47. The summed E-state index contributed by atoms with van der Waals surface area (Å²) in [6.45, 7) is 0.462. The second-order valence-electron chi connectivity index (χ2n) is 7.36. The third-order valence-electron chi connectivity index (χ3n) is 5.32. The number of methoxy groups -OCH3 is 2. The molecule has 1 N–H and O–H groups in total. The van der Waals surface area contributed by atoms with Crippen molar-refractivity contribution in [2.24, 2.45) is 0 Å². The van der Waals surface area contributed by atoms with Gasteiger partial charge in [-0.25, -0.2) is 9.97 Å². The molecule has 4 rings (SSSR count). The van der Waals surface area contributed by atoms with Crippen LogP contribution in [0.15, 0.2) is 55.1 Å². The van der Waals surface area contributed by atoms with Crippen LogP contribution >= 0.6 is 0 Å². The minimum atomic E-state index is -0.0918. The standard InChI is InChI=1S/C24H25N3O4/c1-29-21-8-6-16(10-22(21)30-2)7-9-23(28)27-14-19-11-17-4-3-5-20(24(17)31-19)18-12-25-15-26-13-18/h3-6,8,10,12-13,15,19H,7,9,11,14H2,1-2H3,(H,27,28). The third kappa shape index (κ3) is 4.77. The summed E-state index contributed by atoms with van der Waals surface area (Å²) in [6.07, 6.45) is 6.73. The summed E-state index contributed by atoms with van der Waals surface area (Å²) < 4.78 is 16.7. The normalized spacial score (nSPS) is 14.5. The van der Waals surface area contributed by atoms with Gasteiger partial charge in [0.1, 0.15) is 18.2 Å². The molecule has 7 nitrogen and oxygen atoms in total. The van der Waals surface area contributed by atoms with Crippen molar-refractivity contribution in [1.82, 2.24) is 15.3 Å². The number of nitrogens with one attached hydrogen (secondary N) is 1. The van der Waals surface area contributed by atoms with E-state index in [0.29, 0.717) is 30.9 Å². The zero-order valence-corrected chi connectivity index (χ0v) is 17.6. The highest BCUT2D eigenvalue weighted by atomic mass is 16.5. The minimum Gasteiger partial charge on any atom is -0.493 e. The van der Waals surface area contributed by atoms with Crippen molar-refractivity contribution in [2.75, 3.05) is 20.8 Å². The maximum absolute atomic E-state index is 12.4. The SMILES string of the molecule is COc1ccc(CCC(=O)NCC2Cc3cccc(-c4cncnc4)c3O2)cc1OC. The number of para-hydroxylation sites is 1. The Labute approximate surface area is 181 Å². The molecular formula is C24H25N3O4. The molecule has 1 atom stereocenters. The quantitative estimate of drug-likeness (QED) is 0.604. The fraction of sp³-hybridized carbons (Fsp3) is 0.292. The number of benzene rings is 2. The highest BCUT2D eigenvalue weighted by Crippen LogP contribution is 2.38. The van der Waals surface area contributed by atoms with Crippen LogP contribution in [0.3, 0.4) is 0 Å². The number of ether oxygens (including phenoxy) is 3. The van der Waals surface area contributed by atoms with E-state index in [1.165, 1.54) is 6.33 Å². The Bertz CT molecular complexity index is 1060. The average Bonchev–Trinajstić information content (AvgIpc) is 3.25. The molecule has 0 saturated heterocycles. The number of carbonyl (C=O) groups is 1. The van der Waals surface area contributed by atoms with Crippen LogP contribution in [0.25, 0.3) is 11.1 Å². The second-order valence-corrected chi connectivity index (χ2v) is 7.36. The highest BCUT2D eigenvalue weighted by Gasteiger charge is 2.26. The maximum atomic E-state index is 12.4. The topological polar surface area (TPSA) is 82.6 Å². The molecule has 0 saturated carbocycles. The van der Waals surface area contributed by atoms with Gasteiger partial charge in [0.25, 0.3) is 0 Å². The average molecular weight is 419 g/mol. The Balaban J connectivity index is 1.30. The minimum absolute atomic E-state index is 0.00831. The summed E-state index contributed by atoms with van der Waals surface area (Å²) in [4.78, 5) is 20.6. The van der Waals surface area contributed by atoms with Crippen molar-refractivity contribution < 1.29 is 19.0 Å². The first-order valence-electron chi connectivity index (χ1n) is 10.2. The number of carbonyl (C=O) groups excluding carboxylic acids is 1. The van der Waals surface area contributed by atoms with Gasteiger partial charge in [0, 0.05) is 36.4 Å². The Morgan fingerprint density at radius 3 is 2.71 bits per heavy atom. The van der Waals surface area contributed by atoms with Crippen LogP contribution in [-0.4, -0.2) is 42.7 Å². The Morgan fingerprint density at radius 1 is 1.13 bits per heavy atom. The van der Waals surface area contributed by atoms with Gasteiger partial charge >= 0.3 is 0 Å². The number of hydrogen-bond donors (Lipinski definition) is 1. The van der Waals surface area contributed by atoms with E-state index in [1.807, 2.05) is 30.3 Å². The van der Waals surface area contributed by atoms with Crippen molar-refractivity contribution in [3.05, 3.63) is 66.2 Å². The number of hydrogen-bond acceptors (Lipinski definition) is 6. The summed E-state index contributed by atoms with van der Waals surface area (Å²) in [5, 5.41) is 3.00. The van der Waals surface area contributed by atoms with Crippen molar-refractivity contribution in [1.29, 1.82) is 0 Å². The van der Waals surface area contributed by atoms with Crippen LogP contribution < -0.4 is 19.5 Å². The summed E-state index contributed by atoms with van der Waals surface area (Å²) in [5.41, 5.74) is 4.04. The maximum Gasteiger partial charge on any atom is 0.220 e. The fourth-order valence-electron chi connectivity index (χ4n) is 3.73. The monoisotopic (exact) mass is 419 g/mol. The van der Waals surface area contributed by atoms with Gasteiger partial charge in [-0.3, -0.25) is 4.79 Å². The predicted octanol–water partition coefficient (Wildman–Crippen LogP) is 3.21. The molecule has 0 aliphatic carbocycles. The van der Waals surface area contributed by atoms with Crippen LogP contribution in [0.1, 0.15) is 17.5 Å². The molecule has 2 heterocycles. The molecule has 1 unspecified atom stereocenters. The predicted molar refractivity (Wildman–Crippen MR) is 116 cm³/mol. The van der Waals surface area contributed by atoms with Crippen LogP contribution in [0.4, 0.5) is 0 Å². The molecule has 31 heavy (non-hydrogen) atoms. The number of fused-ring (bicyclic) bond motifs is 1. The van der Waals surface area contributed by atoms with E-state index in [4.69, 9.17) is 14.2 Å². The Hall–Kier alpha value is -3.61. The summed E-state index contributed by atoms with van der Waals surface area (Å²) in [6, 6.07) is 11.8. The van der Waals surface area contributed by atoms with Gasteiger partial charge < -0.3 is 19.5 Å². The first-order chi connectivity index (χ1) is 15.2. The zero-order valence-electron chi connectivity index (χ0n) is 17.6. The molecule has 0 bridgehead atoms. The molecule has 0 radical (unpaired) electrons. The van der Waals surface area contributed by atoms with E-state index in [-0.39, 0.29) is 12.0 Å². The Kier molecular flexibility index (Phi) is 6.31. The van der Waals surface area contributed by atoms with Crippen molar-refractivity contribution in [3.8, 4) is 28.4 Å². The first-order valence-corrected chi connectivity index (χ1v) is 10.2. The van der Waals surface area contributed by atoms with E-state index >= 15 is 0 Å². The molecule has 1 amide bonds. The Morgan fingerprint density at radius 2 is 1.94 bits per heavy atom. The van der Waals surface area contributed by atoms with Gasteiger partial charge in [0.05, 0.1) is 20.8 Å². The fourth-order valence-corrected chi connectivity index (χ4v) is 3.73. The van der Waals surface area contributed by atoms with Crippen LogP contribution in [0.2, 0.25) is 0 Å². The lowest BCUT2D eigenvalue weighted by Gasteiger charge is -2.14. The number of rotatable bonds is 8. The van der Waals surface area contributed by atoms with Crippen LogP contribution in [0.5, 0.6) is 17.2 Å². The number of nitrogens with zero attached hydrogens (tertiary/aromatic N) is 2. The summed E-state index contributed by atoms with van der Waals surface area (Å²) in [7, 11) is 3.20. The van der Waals surface area contributed by atoms with E-state index in [1.54, 1.807) is 26.6 Å². The number of aromatic nitrogens is 2. The molecule has 2 aromatic carbocycles. The molecule has 7 heteroatoms. The molecule has 160 valence electrons.